The third-order valence-corrected chi connectivity index (χ3v) is 4.69. The number of nitrogens with zero attached hydrogens (tertiary/aromatic N) is 3. The Kier molecular flexibility index (Phi) is 4.55. The summed E-state index contributed by atoms with van der Waals surface area (Å²) in [6.07, 6.45) is 1.74. The average Bonchev–Trinajstić information content (AvgIpc) is 3.15. The fourth-order valence-corrected chi connectivity index (χ4v) is 3.17. The van der Waals surface area contributed by atoms with Crippen molar-refractivity contribution >= 4 is 17.8 Å². The van der Waals surface area contributed by atoms with Crippen molar-refractivity contribution in [1.82, 2.24) is 25.3 Å². The van der Waals surface area contributed by atoms with Gasteiger partial charge >= 0.3 is 6.03 Å². The van der Waals surface area contributed by atoms with Gasteiger partial charge in [-0.2, -0.15) is 5.10 Å². The summed E-state index contributed by atoms with van der Waals surface area (Å²) < 4.78 is 0. The van der Waals surface area contributed by atoms with Crippen LogP contribution in [0.25, 0.3) is 0 Å². The van der Waals surface area contributed by atoms with Crippen molar-refractivity contribution in [3.05, 3.63) is 17.5 Å². The topological polar surface area (TPSA) is 98.4 Å². The molecule has 0 spiro atoms. The van der Waals surface area contributed by atoms with E-state index >= 15 is 0 Å². The van der Waals surface area contributed by atoms with Crippen LogP contribution in [0.4, 0.5) is 4.79 Å². The highest BCUT2D eigenvalue weighted by Crippen LogP contribution is 2.28. The molecule has 8 nitrogen and oxygen atoms in total. The van der Waals surface area contributed by atoms with Gasteiger partial charge in [-0.3, -0.25) is 20.0 Å². The van der Waals surface area contributed by atoms with E-state index in [1.807, 2.05) is 0 Å². The predicted octanol–water partition coefficient (Wildman–Crippen LogP) is 0.791. The Morgan fingerprint density at radius 1 is 1.33 bits per heavy atom. The predicted molar refractivity (Wildman–Crippen MR) is 86.3 cm³/mol. The third kappa shape index (κ3) is 3.42. The first-order chi connectivity index (χ1) is 11.4. The largest absolute Gasteiger partial charge is 0.341 e. The number of likely N-dealkylation sites (tertiary alicyclic amines) is 1. The van der Waals surface area contributed by atoms with Crippen LogP contribution in [0.3, 0.4) is 0 Å². The number of aromatic nitrogens is 2. The zero-order valence-electron chi connectivity index (χ0n) is 14.0. The molecule has 3 heterocycles. The van der Waals surface area contributed by atoms with Crippen molar-refractivity contribution in [1.29, 1.82) is 0 Å². The highest BCUT2D eigenvalue weighted by Gasteiger charge is 2.31. The van der Waals surface area contributed by atoms with Crippen molar-refractivity contribution in [3.8, 4) is 0 Å². The highest BCUT2D eigenvalue weighted by molar-refractivity contribution is 6.03. The number of hydrogen-bond acceptors (Lipinski definition) is 4. The number of piperidine rings is 1. The lowest BCUT2D eigenvalue weighted by molar-refractivity contribution is -0.132. The lowest BCUT2D eigenvalue weighted by atomic mass is 9.93. The number of amides is 4. The molecule has 0 atom stereocenters. The molecule has 1 aromatic heterocycles. The number of urea groups is 1. The molecule has 24 heavy (non-hydrogen) atoms. The van der Waals surface area contributed by atoms with E-state index in [2.05, 4.69) is 35.4 Å². The summed E-state index contributed by atoms with van der Waals surface area (Å²) >= 11 is 0. The second-order valence-electron chi connectivity index (χ2n) is 6.77. The molecule has 0 aliphatic carbocycles. The number of carbonyl (C=O) groups is 3. The zero-order chi connectivity index (χ0) is 17.3. The molecular weight excluding hydrogens is 310 g/mol. The second kappa shape index (κ2) is 6.62. The standard InChI is InChI=1S/C16H23N5O3/c1-10(2)12-7-13(19-18-12)11-3-5-20(6-4-11)15(23)9-21-8-14(22)17-16(21)24/h7,10-11H,3-6,8-9H2,1-2H3,(H,18,19)(H,17,22,24). The molecule has 0 radical (unpaired) electrons. The smallest absolute Gasteiger partial charge is 0.325 e. The summed E-state index contributed by atoms with van der Waals surface area (Å²) in [6, 6.07) is 1.63. The summed E-state index contributed by atoms with van der Waals surface area (Å²) in [4.78, 5) is 38.0. The van der Waals surface area contributed by atoms with Crippen molar-refractivity contribution in [2.24, 2.45) is 0 Å². The van der Waals surface area contributed by atoms with Gasteiger partial charge in [0, 0.05) is 24.7 Å². The lowest BCUT2D eigenvalue weighted by Crippen LogP contribution is -2.44. The Morgan fingerprint density at radius 3 is 2.58 bits per heavy atom. The Labute approximate surface area is 140 Å². The van der Waals surface area contributed by atoms with E-state index in [9.17, 15) is 14.4 Å². The molecule has 4 amide bonds. The molecule has 0 unspecified atom stereocenters. The molecule has 0 saturated carbocycles. The summed E-state index contributed by atoms with van der Waals surface area (Å²) in [6.45, 7) is 5.46. The Balaban J connectivity index is 1.51. The molecule has 130 valence electrons. The number of H-pyrrole nitrogens is 1. The fourth-order valence-electron chi connectivity index (χ4n) is 3.17. The van der Waals surface area contributed by atoms with Gasteiger partial charge in [0.25, 0.3) is 0 Å². The van der Waals surface area contributed by atoms with E-state index in [0.717, 1.165) is 24.2 Å². The van der Waals surface area contributed by atoms with Crippen LogP contribution in [0.2, 0.25) is 0 Å². The van der Waals surface area contributed by atoms with Crippen LogP contribution in [0.1, 0.15) is 49.9 Å². The van der Waals surface area contributed by atoms with Gasteiger partial charge in [-0.25, -0.2) is 4.79 Å². The van der Waals surface area contributed by atoms with Crippen LogP contribution in [0, 0.1) is 0 Å². The van der Waals surface area contributed by atoms with Crippen LogP contribution in [-0.4, -0.2) is 64.0 Å². The first-order valence-electron chi connectivity index (χ1n) is 8.35. The van der Waals surface area contributed by atoms with Crippen LogP contribution >= 0.6 is 0 Å². The fraction of sp³-hybridized carbons (Fsp3) is 0.625. The molecule has 2 N–H and O–H groups in total. The van der Waals surface area contributed by atoms with Gasteiger partial charge < -0.3 is 9.80 Å². The number of aromatic amines is 1. The lowest BCUT2D eigenvalue weighted by Gasteiger charge is -2.32. The normalized spacial score (nSPS) is 19.3. The number of hydrogen-bond donors (Lipinski definition) is 2. The third-order valence-electron chi connectivity index (χ3n) is 4.69. The molecule has 2 saturated heterocycles. The van der Waals surface area contributed by atoms with Crippen LogP contribution in [-0.2, 0) is 9.59 Å². The number of rotatable bonds is 4. The SMILES string of the molecule is CC(C)c1cc(C2CCN(C(=O)CN3CC(=O)NC3=O)CC2)[nH]n1. The first kappa shape index (κ1) is 16.5. The first-order valence-corrected chi connectivity index (χ1v) is 8.35. The molecule has 3 rings (SSSR count). The molecule has 0 aromatic carbocycles. The molecule has 0 bridgehead atoms. The van der Waals surface area contributed by atoms with E-state index in [-0.39, 0.29) is 24.9 Å². The number of carbonyl (C=O) groups excluding carboxylic acids is 3. The van der Waals surface area contributed by atoms with Crippen LogP contribution in [0.5, 0.6) is 0 Å². The summed E-state index contributed by atoms with van der Waals surface area (Å²) in [7, 11) is 0. The quantitative estimate of drug-likeness (QED) is 0.796. The molecule has 8 heteroatoms. The Bertz CT molecular complexity index is 646. The molecular formula is C16H23N5O3. The van der Waals surface area contributed by atoms with Crippen molar-refractivity contribution in [3.63, 3.8) is 0 Å². The maximum atomic E-state index is 12.3. The van der Waals surface area contributed by atoms with Crippen molar-refractivity contribution < 1.29 is 14.4 Å². The van der Waals surface area contributed by atoms with E-state index < -0.39 is 6.03 Å². The zero-order valence-corrected chi connectivity index (χ0v) is 14.0. The minimum atomic E-state index is -0.484. The van der Waals surface area contributed by atoms with Crippen LogP contribution < -0.4 is 5.32 Å². The van der Waals surface area contributed by atoms with E-state index in [0.29, 0.717) is 24.9 Å². The Morgan fingerprint density at radius 2 is 2.04 bits per heavy atom. The van der Waals surface area contributed by atoms with Gasteiger partial charge in [-0.05, 0) is 24.8 Å². The minimum absolute atomic E-state index is 0.0346. The van der Waals surface area contributed by atoms with Crippen molar-refractivity contribution in [2.45, 2.75) is 38.5 Å². The van der Waals surface area contributed by atoms with Gasteiger partial charge in [-0.15, -0.1) is 0 Å². The van der Waals surface area contributed by atoms with Gasteiger partial charge in [0.2, 0.25) is 11.8 Å². The molecule has 2 fully saturated rings. The monoisotopic (exact) mass is 333 g/mol. The molecule has 2 aliphatic rings. The van der Waals surface area contributed by atoms with E-state index in [1.54, 1.807) is 4.90 Å². The molecule has 1 aromatic rings. The number of imide groups is 1. The summed E-state index contributed by atoms with van der Waals surface area (Å²) in [5.74, 6) is 0.314. The molecule has 2 aliphatic heterocycles. The van der Waals surface area contributed by atoms with Gasteiger partial charge in [0.1, 0.15) is 13.1 Å². The Hall–Kier alpha value is -2.38. The second-order valence-corrected chi connectivity index (χ2v) is 6.77. The van der Waals surface area contributed by atoms with E-state index in [4.69, 9.17) is 0 Å². The van der Waals surface area contributed by atoms with Crippen molar-refractivity contribution in [2.75, 3.05) is 26.2 Å². The van der Waals surface area contributed by atoms with Gasteiger partial charge in [-0.1, -0.05) is 13.8 Å². The summed E-state index contributed by atoms with van der Waals surface area (Å²) in [5.41, 5.74) is 2.20. The van der Waals surface area contributed by atoms with E-state index in [1.165, 1.54) is 4.90 Å². The minimum Gasteiger partial charge on any atom is -0.341 e. The summed E-state index contributed by atoms with van der Waals surface area (Å²) in [5, 5.41) is 9.64. The highest BCUT2D eigenvalue weighted by atomic mass is 16.2. The van der Waals surface area contributed by atoms with Crippen LogP contribution in [0.15, 0.2) is 6.07 Å². The number of nitrogens with one attached hydrogen (secondary N) is 2. The average molecular weight is 333 g/mol. The maximum absolute atomic E-state index is 12.3. The van der Waals surface area contributed by atoms with Gasteiger partial charge in [0.15, 0.2) is 0 Å². The van der Waals surface area contributed by atoms with Gasteiger partial charge in [0.05, 0.1) is 5.69 Å². The maximum Gasteiger partial charge on any atom is 0.325 e.